The molecule has 1 aromatic rings. The summed E-state index contributed by atoms with van der Waals surface area (Å²) in [7, 11) is 0. The largest absolute Gasteiger partial charge is 0.335 e. The normalized spacial score (nSPS) is 13.2. The minimum atomic E-state index is 0.220. The number of alkyl halides is 1. The second-order valence-electron chi connectivity index (χ2n) is 2.84. The van der Waals surface area contributed by atoms with E-state index < -0.39 is 0 Å². The first kappa shape index (κ1) is 9.59. The van der Waals surface area contributed by atoms with Crippen LogP contribution in [0, 0.1) is 0 Å². The Hall–Kier alpha value is -0.500. The van der Waals surface area contributed by atoms with Gasteiger partial charge in [0.15, 0.2) is 0 Å². The molecule has 0 fully saturated rings. The molecule has 1 aromatic heterocycles. The summed E-state index contributed by atoms with van der Waals surface area (Å²) in [5.41, 5.74) is 0. The quantitative estimate of drug-likeness (QED) is 0.661. The molecule has 1 atom stereocenters. The molecule has 0 N–H and O–H groups in total. The first-order chi connectivity index (χ1) is 5.77. The van der Waals surface area contributed by atoms with Gasteiger partial charge >= 0.3 is 0 Å². The molecule has 0 saturated heterocycles. The molecule has 0 bridgehead atoms. The third-order valence-corrected chi connectivity index (χ3v) is 2.45. The van der Waals surface area contributed by atoms with Crippen LogP contribution in [0.1, 0.15) is 26.1 Å². The van der Waals surface area contributed by atoms with Crippen molar-refractivity contribution in [2.45, 2.75) is 38.6 Å². The Bertz CT molecular complexity index is 232. The van der Waals surface area contributed by atoms with Gasteiger partial charge in [-0.2, -0.15) is 0 Å². The van der Waals surface area contributed by atoms with Crippen LogP contribution in [-0.2, 0) is 13.0 Å². The van der Waals surface area contributed by atoms with E-state index in [0.717, 1.165) is 25.2 Å². The number of halogens is 1. The molecule has 12 heavy (non-hydrogen) atoms. The zero-order valence-corrected chi connectivity index (χ0v) is 8.38. The van der Waals surface area contributed by atoms with Crippen LogP contribution in [0.15, 0.2) is 12.4 Å². The van der Waals surface area contributed by atoms with Crippen molar-refractivity contribution in [3.8, 4) is 0 Å². The molecule has 0 aliphatic rings. The van der Waals surface area contributed by atoms with Crippen LogP contribution in [0.25, 0.3) is 0 Å². The molecule has 0 aliphatic carbocycles. The maximum atomic E-state index is 6.03. The van der Waals surface area contributed by atoms with Gasteiger partial charge in [0, 0.05) is 30.7 Å². The monoisotopic (exact) mass is 186 g/mol. The highest BCUT2D eigenvalue weighted by molar-refractivity contribution is 6.20. The fourth-order valence-electron chi connectivity index (χ4n) is 1.16. The van der Waals surface area contributed by atoms with Crippen LogP contribution in [0.2, 0.25) is 0 Å². The Morgan fingerprint density at radius 2 is 2.33 bits per heavy atom. The van der Waals surface area contributed by atoms with Gasteiger partial charge in [-0.05, 0) is 13.3 Å². The van der Waals surface area contributed by atoms with Crippen LogP contribution in [0.3, 0.4) is 0 Å². The summed E-state index contributed by atoms with van der Waals surface area (Å²) in [6, 6.07) is 0. The molecule has 0 radical (unpaired) electrons. The summed E-state index contributed by atoms with van der Waals surface area (Å²) < 4.78 is 2.13. The molecule has 0 amide bonds. The first-order valence-corrected chi connectivity index (χ1v) is 4.85. The number of rotatable bonds is 4. The predicted molar refractivity (Wildman–Crippen MR) is 51.5 cm³/mol. The van der Waals surface area contributed by atoms with Gasteiger partial charge in [-0.1, -0.05) is 6.92 Å². The van der Waals surface area contributed by atoms with Crippen molar-refractivity contribution in [2.24, 2.45) is 0 Å². The van der Waals surface area contributed by atoms with Gasteiger partial charge in [0.1, 0.15) is 5.82 Å². The summed E-state index contributed by atoms with van der Waals surface area (Å²) in [5, 5.41) is 0.220. The van der Waals surface area contributed by atoms with Crippen molar-refractivity contribution in [1.29, 1.82) is 0 Å². The average Bonchev–Trinajstić information content (AvgIpc) is 2.51. The van der Waals surface area contributed by atoms with Gasteiger partial charge in [-0.3, -0.25) is 0 Å². The van der Waals surface area contributed by atoms with Gasteiger partial charge in [0.2, 0.25) is 0 Å². The van der Waals surface area contributed by atoms with E-state index in [-0.39, 0.29) is 5.38 Å². The number of imidazole rings is 1. The average molecular weight is 187 g/mol. The highest BCUT2D eigenvalue weighted by atomic mass is 35.5. The second kappa shape index (κ2) is 4.51. The lowest BCUT2D eigenvalue weighted by atomic mass is 10.2. The minimum absolute atomic E-state index is 0.220. The third-order valence-electron chi connectivity index (χ3n) is 1.99. The minimum Gasteiger partial charge on any atom is -0.335 e. The molecular weight excluding hydrogens is 172 g/mol. The highest BCUT2D eigenvalue weighted by Gasteiger charge is 2.07. The molecule has 68 valence electrons. The molecule has 1 heterocycles. The Kier molecular flexibility index (Phi) is 3.60. The van der Waals surface area contributed by atoms with E-state index in [1.807, 2.05) is 12.4 Å². The van der Waals surface area contributed by atoms with Crippen molar-refractivity contribution in [1.82, 2.24) is 9.55 Å². The molecule has 1 unspecified atom stereocenters. The lowest BCUT2D eigenvalue weighted by Crippen LogP contribution is -2.08. The van der Waals surface area contributed by atoms with Crippen molar-refractivity contribution >= 4 is 11.6 Å². The number of aromatic nitrogens is 2. The zero-order valence-electron chi connectivity index (χ0n) is 7.63. The van der Waals surface area contributed by atoms with E-state index in [0.29, 0.717) is 0 Å². The molecule has 1 rings (SSSR count). The molecule has 0 aliphatic heterocycles. The van der Waals surface area contributed by atoms with Crippen LogP contribution >= 0.6 is 11.6 Å². The van der Waals surface area contributed by atoms with E-state index in [1.165, 1.54) is 0 Å². The Labute approximate surface area is 78.6 Å². The van der Waals surface area contributed by atoms with Crippen LogP contribution < -0.4 is 0 Å². The molecule has 3 heteroatoms. The van der Waals surface area contributed by atoms with Crippen molar-refractivity contribution in [2.75, 3.05) is 0 Å². The predicted octanol–water partition coefficient (Wildman–Crippen LogP) is 2.46. The van der Waals surface area contributed by atoms with Gasteiger partial charge in [-0.25, -0.2) is 4.98 Å². The molecule has 2 nitrogen and oxygen atoms in total. The topological polar surface area (TPSA) is 17.8 Å². The Balaban J connectivity index is 2.61. The number of nitrogens with zero attached hydrogens (tertiary/aromatic N) is 2. The van der Waals surface area contributed by atoms with Crippen LogP contribution in [-0.4, -0.2) is 14.9 Å². The van der Waals surface area contributed by atoms with E-state index >= 15 is 0 Å². The fourth-order valence-corrected chi connectivity index (χ4v) is 1.30. The molecule has 0 saturated carbocycles. The molecule has 0 aromatic carbocycles. The summed E-state index contributed by atoms with van der Waals surface area (Å²) in [4.78, 5) is 4.25. The van der Waals surface area contributed by atoms with E-state index in [2.05, 4.69) is 23.4 Å². The number of hydrogen-bond acceptors (Lipinski definition) is 1. The standard InChI is InChI=1S/C9H15ClN2/c1-3-8(10)7-9-11-5-6-12(9)4-2/h5-6,8H,3-4,7H2,1-2H3. The number of hydrogen-bond donors (Lipinski definition) is 0. The summed E-state index contributed by atoms with van der Waals surface area (Å²) in [5.74, 6) is 1.10. The summed E-state index contributed by atoms with van der Waals surface area (Å²) in [6.45, 7) is 5.18. The van der Waals surface area contributed by atoms with E-state index in [9.17, 15) is 0 Å². The lowest BCUT2D eigenvalue weighted by Gasteiger charge is -2.07. The SMILES string of the molecule is CCC(Cl)Cc1nccn1CC. The van der Waals surface area contributed by atoms with Gasteiger partial charge in [-0.15, -0.1) is 11.6 Å². The summed E-state index contributed by atoms with van der Waals surface area (Å²) >= 11 is 6.03. The molecular formula is C9H15ClN2. The Morgan fingerprint density at radius 3 is 2.92 bits per heavy atom. The maximum Gasteiger partial charge on any atom is 0.110 e. The van der Waals surface area contributed by atoms with Crippen LogP contribution in [0.5, 0.6) is 0 Å². The maximum absolute atomic E-state index is 6.03. The fraction of sp³-hybridized carbons (Fsp3) is 0.667. The van der Waals surface area contributed by atoms with E-state index in [4.69, 9.17) is 11.6 Å². The highest BCUT2D eigenvalue weighted by Crippen LogP contribution is 2.09. The van der Waals surface area contributed by atoms with Crippen molar-refractivity contribution in [3.05, 3.63) is 18.2 Å². The molecule has 0 spiro atoms. The van der Waals surface area contributed by atoms with Gasteiger partial charge in [0.05, 0.1) is 0 Å². The second-order valence-corrected chi connectivity index (χ2v) is 3.46. The van der Waals surface area contributed by atoms with E-state index in [1.54, 1.807) is 0 Å². The Morgan fingerprint density at radius 1 is 1.58 bits per heavy atom. The summed E-state index contributed by atoms with van der Waals surface area (Å²) in [6.07, 6.45) is 5.70. The smallest absolute Gasteiger partial charge is 0.110 e. The lowest BCUT2D eigenvalue weighted by molar-refractivity contribution is 0.666. The first-order valence-electron chi connectivity index (χ1n) is 4.42. The van der Waals surface area contributed by atoms with Crippen molar-refractivity contribution < 1.29 is 0 Å². The third kappa shape index (κ3) is 2.24. The van der Waals surface area contributed by atoms with Gasteiger partial charge < -0.3 is 4.57 Å². The number of aryl methyl sites for hydroxylation is 1. The van der Waals surface area contributed by atoms with Gasteiger partial charge in [0.25, 0.3) is 0 Å². The van der Waals surface area contributed by atoms with Crippen molar-refractivity contribution in [3.63, 3.8) is 0 Å². The van der Waals surface area contributed by atoms with Crippen LogP contribution in [0.4, 0.5) is 0 Å². The zero-order chi connectivity index (χ0) is 8.97.